The highest BCUT2D eigenvalue weighted by Crippen LogP contribution is 2.18. The molecule has 0 radical (unpaired) electrons. The summed E-state index contributed by atoms with van der Waals surface area (Å²) in [5, 5.41) is 14.9. The van der Waals surface area contributed by atoms with Gasteiger partial charge in [0.1, 0.15) is 0 Å². The van der Waals surface area contributed by atoms with E-state index in [1.807, 2.05) is 25.3 Å². The summed E-state index contributed by atoms with van der Waals surface area (Å²) in [7, 11) is 0. The van der Waals surface area contributed by atoms with Crippen LogP contribution in [0.4, 0.5) is 4.79 Å². The van der Waals surface area contributed by atoms with E-state index in [0.717, 1.165) is 31.7 Å². The second kappa shape index (κ2) is 9.59. The van der Waals surface area contributed by atoms with Crippen LogP contribution in [0.2, 0.25) is 0 Å². The topological polar surface area (TPSA) is 77.5 Å². The average molecular weight is 334 g/mol. The molecule has 1 aromatic heterocycles. The van der Waals surface area contributed by atoms with Gasteiger partial charge in [0.2, 0.25) is 0 Å². The minimum Gasteiger partial charge on any atom is -0.396 e. The van der Waals surface area contributed by atoms with Crippen molar-refractivity contribution >= 4 is 6.03 Å². The summed E-state index contributed by atoms with van der Waals surface area (Å²) in [5.41, 5.74) is 1.09. The molecule has 1 aliphatic rings. The molecule has 6 heteroatoms. The fourth-order valence-electron chi connectivity index (χ4n) is 3.12. The molecule has 1 aliphatic heterocycles. The Hall–Kier alpha value is -1.66. The minimum atomic E-state index is -0.102. The standard InChI is InChI=1S/C18H30N4O2/c1-14(7-10-23)11-20-18(24)21-17-6-9-22(12-15(17)2)13-16-5-3-4-8-19-16/h3-5,8,14-15,17,23H,6-7,9-13H2,1-2H3,(H2,20,21,24). The van der Waals surface area contributed by atoms with Crippen LogP contribution in [0.5, 0.6) is 0 Å². The molecular weight excluding hydrogens is 304 g/mol. The Kier molecular flexibility index (Phi) is 7.46. The van der Waals surface area contributed by atoms with Crippen molar-refractivity contribution < 1.29 is 9.90 Å². The van der Waals surface area contributed by atoms with Gasteiger partial charge < -0.3 is 15.7 Å². The molecule has 0 aromatic carbocycles. The Morgan fingerprint density at radius 3 is 3.00 bits per heavy atom. The zero-order valence-corrected chi connectivity index (χ0v) is 14.7. The molecule has 3 atom stereocenters. The molecule has 0 bridgehead atoms. The largest absolute Gasteiger partial charge is 0.396 e. The van der Waals surface area contributed by atoms with Crippen LogP contribution in [0.1, 0.15) is 32.4 Å². The number of hydrogen-bond acceptors (Lipinski definition) is 4. The van der Waals surface area contributed by atoms with Gasteiger partial charge in [-0.2, -0.15) is 0 Å². The van der Waals surface area contributed by atoms with Crippen LogP contribution in [0.3, 0.4) is 0 Å². The summed E-state index contributed by atoms with van der Waals surface area (Å²) in [5.74, 6) is 0.696. The number of carbonyl (C=O) groups is 1. The van der Waals surface area contributed by atoms with Gasteiger partial charge in [-0.05, 0) is 36.8 Å². The van der Waals surface area contributed by atoms with Crippen molar-refractivity contribution in [2.45, 2.75) is 39.3 Å². The molecule has 1 saturated heterocycles. The molecule has 0 aliphatic carbocycles. The zero-order valence-electron chi connectivity index (χ0n) is 14.7. The summed E-state index contributed by atoms with van der Waals surface area (Å²) in [6, 6.07) is 6.11. The number of amides is 2. The average Bonchev–Trinajstić information content (AvgIpc) is 2.57. The van der Waals surface area contributed by atoms with E-state index in [1.165, 1.54) is 0 Å². The molecule has 2 amide bonds. The van der Waals surface area contributed by atoms with Crippen LogP contribution in [0.15, 0.2) is 24.4 Å². The van der Waals surface area contributed by atoms with Crippen molar-refractivity contribution in [3.05, 3.63) is 30.1 Å². The van der Waals surface area contributed by atoms with Crippen molar-refractivity contribution in [3.63, 3.8) is 0 Å². The number of rotatable bonds is 7. The van der Waals surface area contributed by atoms with Crippen molar-refractivity contribution in [1.29, 1.82) is 0 Å². The first kappa shape index (κ1) is 18.7. The molecule has 2 rings (SSSR count). The third-order valence-corrected chi connectivity index (χ3v) is 4.65. The van der Waals surface area contributed by atoms with Gasteiger partial charge >= 0.3 is 6.03 Å². The van der Waals surface area contributed by atoms with E-state index < -0.39 is 0 Å². The van der Waals surface area contributed by atoms with E-state index in [2.05, 4.69) is 33.5 Å². The smallest absolute Gasteiger partial charge is 0.315 e. The normalized spacial score (nSPS) is 22.8. The second-order valence-corrected chi connectivity index (χ2v) is 6.90. The number of nitrogens with zero attached hydrogens (tertiary/aromatic N) is 2. The van der Waals surface area contributed by atoms with Gasteiger partial charge in [-0.25, -0.2) is 4.79 Å². The first-order valence-corrected chi connectivity index (χ1v) is 8.86. The number of urea groups is 1. The van der Waals surface area contributed by atoms with Crippen molar-refractivity contribution in [2.75, 3.05) is 26.2 Å². The number of aliphatic hydroxyl groups excluding tert-OH is 1. The number of nitrogens with one attached hydrogen (secondary N) is 2. The maximum absolute atomic E-state index is 12.0. The Balaban J connectivity index is 1.72. The molecular formula is C18H30N4O2. The first-order valence-electron chi connectivity index (χ1n) is 8.86. The summed E-state index contributed by atoms with van der Waals surface area (Å²) in [6.45, 7) is 7.76. The van der Waals surface area contributed by atoms with E-state index in [4.69, 9.17) is 5.11 Å². The van der Waals surface area contributed by atoms with Gasteiger partial charge in [-0.3, -0.25) is 9.88 Å². The van der Waals surface area contributed by atoms with E-state index in [9.17, 15) is 4.79 Å². The molecule has 1 fully saturated rings. The van der Waals surface area contributed by atoms with Crippen LogP contribution in [0, 0.1) is 11.8 Å². The molecule has 0 saturated carbocycles. The highest BCUT2D eigenvalue weighted by molar-refractivity contribution is 5.74. The molecule has 2 heterocycles. The van der Waals surface area contributed by atoms with Crippen LogP contribution in [-0.4, -0.2) is 53.3 Å². The number of aromatic nitrogens is 1. The van der Waals surface area contributed by atoms with Crippen LogP contribution in [0.25, 0.3) is 0 Å². The van der Waals surface area contributed by atoms with E-state index >= 15 is 0 Å². The molecule has 24 heavy (non-hydrogen) atoms. The van der Waals surface area contributed by atoms with Gasteiger partial charge in [0, 0.05) is 45.0 Å². The molecule has 3 unspecified atom stereocenters. The molecule has 3 N–H and O–H groups in total. The molecule has 6 nitrogen and oxygen atoms in total. The number of piperidine rings is 1. The monoisotopic (exact) mass is 334 g/mol. The van der Waals surface area contributed by atoms with Gasteiger partial charge in [0.25, 0.3) is 0 Å². The third kappa shape index (κ3) is 6.09. The Labute approximate surface area is 144 Å². The highest BCUT2D eigenvalue weighted by atomic mass is 16.3. The lowest BCUT2D eigenvalue weighted by Crippen LogP contribution is -2.52. The van der Waals surface area contributed by atoms with Gasteiger partial charge in [-0.1, -0.05) is 19.9 Å². The maximum Gasteiger partial charge on any atom is 0.315 e. The predicted octanol–water partition coefficient (Wildman–Crippen LogP) is 1.61. The van der Waals surface area contributed by atoms with Gasteiger partial charge in [0.05, 0.1) is 5.69 Å². The Morgan fingerprint density at radius 1 is 1.50 bits per heavy atom. The van der Waals surface area contributed by atoms with Crippen LogP contribution >= 0.6 is 0 Å². The number of hydrogen-bond donors (Lipinski definition) is 3. The SMILES string of the molecule is CC(CCO)CNC(=O)NC1CCN(Cc2ccccn2)CC1C. The molecule has 134 valence electrons. The van der Waals surface area contributed by atoms with E-state index in [-0.39, 0.29) is 18.7 Å². The fraction of sp³-hybridized carbons (Fsp3) is 0.667. The first-order chi connectivity index (χ1) is 11.6. The summed E-state index contributed by atoms with van der Waals surface area (Å²) < 4.78 is 0. The van der Waals surface area contributed by atoms with E-state index in [0.29, 0.717) is 24.8 Å². The van der Waals surface area contributed by atoms with E-state index in [1.54, 1.807) is 0 Å². The maximum atomic E-state index is 12.0. The summed E-state index contributed by atoms with van der Waals surface area (Å²) >= 11 is 0. The Morgan fingerprint density at radius 2 is 2.33 bits per heavy atom. The number of pyridine rings is 1. The highest BCUT2D eigenvalue weighted by Gasteiger charge is 2.27. The lowest BCUT2D eigenvalue weighted by atomic mass is 9.94. The summed E-state index contributed by atoms with van der Waals surface area (Å²) in [4.78, 5) is 18.8. The third-order valence-electron chi connectivity index (χ3n) is 4.65. The summed E-state index contributed by atoms with van der Waals surface area (Å²) in [6.07, 6.45) is 3.49. The molecule has 0 spiro atoms. The quantitative estimate of drug-likeness (QED) is 0.708. The molecule has 1 aromatic rings. The lowest BCUT2D eigenvalue weighted by molar-refractivity contribution is 0.140. The van der Waals surface area contributed by atoms with Crippen LogP contribution < -0.4 is 10.6 Å². The van der Waals surface area contributed by atoms with Gasteiger partial charge in [0.15, 0.2) is 0 Å². The van der Waals surface area contributed by atoms with Gasteiger partial charge in [-0.15, -0.1) is 0 Å². The second-order valence-electron chi connectivity index (χ2n) is 6.90. The van der Waals surface area contributed by atoms with Crippen molar-refractivity contribution in [1.82, 2.24) is 20.5 Å². The van der Waals surface area contributed by atoms with Crippen molar-refractivity contribution in [3.8, 4) is 0 Å². The fourth-order valence-corrected chi connectivity index (χ4v) is 3.12. The zero-order chi connectivity index (χ0) is 17.4. The number of aliphatic hydroxyl groups is 1. The van der Waals surface area contributed by atoms with Crippen LogP contribution in [-0.2, 0) is 6.54 Å². The number of likely N-dealkylation sites (tertiary alicyclic amines) is 1. The Bertz CT molecular complexity index is 497. The lowest BCUT2D eigenvalue weighted by Gasteiger charge is -2.37. The predicted molar refractivity (Wildman–Crippen MR) is 94.5 cm³/mol. The minimum absolute atomic E-state index is 0.102. The number of carbonyl (C=O) groups excluding carboxylic acids is 1. The van der Waals surface area contributed by atoms with Crippen molar-refractivity contribution in [2.24, 2.45) is 11.8 Å².